The molecule has 1 rings (SSSR count). The molecule has 0 bridgehead atoms. The maximum absolute atomic E-state index is 11.6. The fraction of sp³-hybridized carbons (Fsp3) is 0.333. The minimum atomic E-state index is -4.07. The van der Waals surface area contributed by atoms with Crippen LogP contribution in [-0.2, 0) is 19.7 Å². The average molecular weight is 296 g/mol. The number of hydrogen-bond acceptors (Lipinski definition) is 7. The molecule has 0 aliphatic heterocycles. The second-order valence-electron chi connectivity index (χ2n) is 3.65. The third-order valence-electron chi connectivity index (χ3n) is 2.12. The Kier molecular flexibility index (Phi) is 3.50. The standard InChI is InChI=1S/C9H12O7S2/c1-16-6-4-5(10)8(17(2,12)13)9(7(6)11)18(3,14)15/h4,10-11H,1-3H3. The second kappa shape index (κ2) is 4.32. The average Bonchev–Trinajstić information content (AvgIpc) is 2.16. The molecule has 0 unspecified atom stereocenters. The van der Waals surface area contributed by atoms with Crippen molar-refractivity contribution < 1.29 is 31.8 Å². The molecule has 0 aromatic heterocycles. The molecule has 0 heterocycles. The van der Waals surface area contributed by atoms with Crippen LogP contribution in [0.15, 0.2) is 15.9 Å². The highest BCUT2D eigenvalue weighted by atomic mass is 32.2. The summed E-state index contributed by atoms with van der Waals surface area (Å²) in [6.07, 6.45) is 1.44. The third kappa shape index (κ3) is 2.51. The molecule has 1 aromatic carbocycles. The van der Waals surface area contributed by atoms with E-state index in [2.05, 4.69) is 4.74 Å². The highest BCUT2D eigenvalue weighted by Crippen LogP contribution is 2.43. The lowest BCUT2D eigenvalue weighted by Crippen LogP contribution is -2.09. The maximum atomic E-state index is 11.6. The van der Waals surface area contributed by atoms with Gasteiger partial charge in [-0.05, 0) is 0 Å². The molecule has 0 amide bonds. The predicted octanol–water partition coefficient (Wildman–Crippen LogP) is -0.0866. The van der Waals surface area contributed by atoms with Crippen molar-refractivity contribution in [2.24, 2.45) is 0 Å². The number of rotatable bonds is 3. The molecule has 0 fully saturated rings. The van der Waals surface area contributed by atoms with Crippen LogP contribution in [-0.4, -0.2) is 46.7 Å². The zero-order valence-corrected chi connectivity index (χ0v) is 11.5. The molecule has 0 aliphatic carbocycles. The van der Waals surface area contributed by atoms with E-state index >= 15 is 0 Å². The van der Waals surface area contributed by atoms with E-state index in [9.17, 15) is 27.0 Å². The number of benzene rings is 1. The van der Waals surface area contributed by atoms with Crippen molar-refractivity contribution in [3.05, 3.63) is 6.07 Å². The Morgan fingerprint density at radius 2 is 1.44 bits per heavy atom. The van der Waals surface area contributed by atoms with E-state index in [4.69, 9.17) is 0 Å². The van der Waals surface area contributed by atoms with Gasteiger partial charge in [-0.15, -0.1) is 0 Å². The lowest BCUT2D eigenvalue weighted by molar-refractivity contribution is 0.355. The van der Waals surface area contributed by atoms with Gasteiger partial charge in [-0.25, -0.2) is 16.8 Å². The van der Waals surface area contributed by atoms with Gasteiger partial charge >= 0.3 is 0 Å². The topological polar surface area (TPSA) is 118 Å². The Balaban J connectivity index is 4.01. The molecule has 0 saturated heterocycles. The van der Waals surface area contributed by atoms with E-state index in [1.807, 2.05) is 0 Å². The van der Waals surface area contributed by atoms with E-state index in [-0.39, 0.29) is 5.75 Å². The first-order valence-electron chi connectivity index (χ1n) is 4.53. The van der Waals surface area contributed by atoms with Crippen LogP contribution in [0.4, 0.5) is 0 Å². The van der Waals surface area contributed by atoms with Crippen molar-refractivity contribution in [1.82, 2.24) is 0 Å². The molecule has 18 heavy (non-hydrogen) atoms. The van der Waals surface area contributed by atoms with Gasteiger partial charge in [0.2, 0.25) is 0 Å². The van der Waals surface area contributed by atoms with Crippen molar-refractivity contribution in [3.63, 3.8) is 0 Å². The molecule has 0 saturated carbocycles. The maximum Gasteiger partial charge on any atom is 0.180 e. The Bertz CT molecular complexity index is 686. The number of sulfone groups is 2. The minimum Gasteiger partial charge on any atom is -0.506 e. The number of phenols is 2. The van der Waals surface area contributed by atoms with E-state index in [0.717, 1.165) is 25.7 Å². The summed E-state index contributed by atoms with van der Waals surface area (Å²) in [6, 6.07) is 0.834. The molecule has 0 aliphatic rings. The van der Waals surface area contributed by atoms with Crippen molar-refractivity contribution >= 4 is 19.7 Å². The molecule has 1 aromatic rings. The van der Waals surface area contributed by atoms with Crippen LogP contribution in [0.5, 0.6) is 17.2 Å². The van der Waals surface area contributed by atoms with Crippen LogP contribution in [0.1, 0.15) is 0 Å². The Labute approximate surface area is 104 Å². The van der Waals surface area contributed by atoms with E-state index in [0.29, 0.717) is 0 Å². The summed E-state index contributed by atoms with van der Waals surface area (Å²) < 4.78 is 50.8. The quantitative estimate of drug-likeness (QED) is 0.748. The monoisotopic (exact) mass is 296 g/mol. The second-order valence-corrected chi connectivity index (χ2v) is 7.55. The van der Waals surface area contributed by atoms with Gasteiger partial charge in [-0.3, -0.25) is 0 Å². The molecule has 102 valence electrons. The number of hydrogen-bond donors (Lipinski definition) is 2. The van der Waals surface area contributed by atoms with Crippen molar-refractivity contribution in [3.8, 4) is 17.2 Å². The van der Waals surface area contributed by atoms with Crippen LogP contribution < -0.4 is 4.74 Å². The zero-order valence-electron chi connectivity index (χ0n) is 9.83. The summed E-state index contributed by atoms with van der Waals surface area (Å²) in [7, 11) is -6.97. The van der Waals surface area contributed by atoms with Gasteiger partial charge in [-0.2, -0.15) is 0 Å². The van der Waals surface area contributed by atoms with Gasteiger partial charge in [0.1, 0.15) is 15.5 Å². The Hall–Kier alpha value is -1.48. The van der Waals surface area contributed by atoms with Gasteiger partial charge < -0.3 is 14.9 Å². The highest BCUT2D eigenvalue weighted by molar-refractivity contribution is 7.94. The van der Waals surface area contributed by atoms with Crippen molar-refractivity contribution in [2.45, 2.75) is 9.79 Å². The fourth-order valence-electron chi connectivity index (χ4n) is 1.45. The van der Waals surface area contributed by atoms with Gasteiger partial charge in [0, 0.05) is 18.6 Å². The Morgan fingerprint density at radius 3 is 1.78 bits per heavy atom. The van der Waals surface area contributed by atoms with Gasteiger partial charge in [0.15, 0.2) is 31.2 Å². The van der Waals surface area contributed by atoms with Gasteiger partial charge in [-0.1, -0.05) is 0 Å². The van der Waals surface area contributed by atoms with Crippen LogP contribution in [0.3, 0.4) is 0 Å². The number of ether oxygens (including phenoxy) is 1. The largest absolute Gasteiger partial charge is 0.506 e. The molecule has 7 nitrogen and oxygen atoms in total. The first kappa shape index (κ1) is 14.6. The molecule has 0 radical (unpaired) electrons. The summed E-state index contributed by atoms with van der Waals surface area (Å²) in [4.78, 5) is -1.72. The lowest BCUT2D eigenvalue weighted by atomic mass is 10.3. The normalized spacial score (nSPS) is 12.4. The lowest BCUT2D eigenvalue weighted by Gasteiger charge is -2.13. The summed E-state index contributed by atoms with van der Waals surface area (Å²) in [6.45, 7) is 0. The molecule has 0 atom stereocenters. The molecular weight excluding hydrogens is 284 g/mol. The van der Waals surface area contributed by atoms with Crippen molar-refractivity contribution in [1.29, 1.82) is 0 Å². The SMILES string of the molecule is COc1cc(O)c(S(C)(=O)=O)c(S(C)(=O)=O)c1O. The van der Waals surface area contributed by atoms with Crippen molar-refractivity contribution in [2.75, 3.05) is 19.6 Å². The Morgan fingerprint density at radius 1 is 1.00 bits per heavy atom. The predicted molar refractivity (Wildman–Crippen MR) is 62.5 cm³/mol. The van der Waals surface area contributed by atoms with Gasteiger partial charge in [0.25, 0.3) is 0 Å². The minimum absolute atomic E-state index is 0.333. The summed E-state index contributed by atoms with van der Waals surface area (Å²) in [5.74, 6) is -1.98. The van der Waals surface area contributed by atoms with E-state index in [1.165, 1.54) is 0 Å². The summed E-state index contributed by atoms with van der Waals surface area (Å²) in [5, 5.41) is 19.3. The van der Waals surface area contributed by atoms with Crippen LogP contribution in [0.2, 0.25) is 0 Å². The molecule has 0 spiro atoms. The van der Waals surface area contributed by atoms with E-state index < -0.39 is 41.0 Å². The smallest absolute Gasteiger partial charge is 0.180 e. The molecular formula is C9H12O7S2. The number of phenolic OH excluding ortho intramolecular Hbond substituents is 2. The molecule has 9 heteroatoms. The molecule has 2 N–H and O–H groups in total. The van der Waals surface area contributed by atoms with Gasteiger partial charge in [0.05, 0.1) is 7.11 Å². The summed E-state index contributed by atoms with van der Waals surface area (Å²) in [5.41, 5.74) is 0. The van der Waals surface area contributed by atoms with Crippen LogP contribution in [0.25, 0.3) is 0 Å². The third-order valence-corrected chi connectivity index (χ3v) is 4.54. The van der Waals surface area contributed by atoms with Crippen LogP contribution >= 0.6 is 0 Å². The fourth-order valence-corrected chi connectivity index (χ4v) is 4.13. The number of aromatic hydroxyl groups is 2. The summed E-state index contributed by atoms with van der Waals surface area (Å²) >= 11 is 0. The van der Waals surface area contributed by atoms with Crippen LogP contribution in [0, 0.1) is 0 Å². The highest BCUT2D eigenvalue weighted by Gasteiger charge is 2.30. The first-order chi connectivity index (χ1) is 8.00. The first-order valence-corrected chi connectivity index (χ1v) is 8.31. The number of methoxy groups -OCH3 is 1. The van der Waals surface area contributed by atoms with E-state index in [1.54, 1.807) is 0 Å². The zero-order chi connectivity index (χ0) is 14.3.